The van der Waals surface area contributed by atoms with Crippen LogP contribution in [0.4, 0.5) is 0 Å². The standard InChI is InChI=1S/C22H23NO4S2/c1-5-19-23-14-20(28-19)29(25,26)18-12-16(15-9-7-6-8-10-15)11-17(13-18)21(24)27-22(2,3)4/h6-14H,5H2,1-4H3. The predicted molar refractivity (Wildman–Crippen MR) is 114 cm³/mol. The third kappa shape index (κ3) is 4.92. The molecule has 0 bridgehead atoms. The van der Waals surface area contributed by atoms with Gasteiger partial charge in [0.15, 0.2) is 0 Å². The van der Waals surface area contributed by atoms with E-state index in [9.17, 15) is 13.2 Å². The number of carbonyl (C=O) groups is 1. The maximum Gasteiger partial charge on any atom is 0.338 e. The van der Waals surface area contributed by atoms with Crippen molar-refractivity contribution >= 4 is 27.1 Å². The van der Waals surface area contributed by atoms with E-state index in [1.54, 1.807) is 32.9 Å². The molecule has 0 atom stereocenters. The third-order valence-electron chi connectivity index (χ3n) is 4.06. The number of thiazole rings is 1. The maximum absolute atomic E-state index is 13.2. The summed E-state index contributed by atoms with van der Waals surface area (Å²) in [5.41, 5.74) is 0.952. The van der Waals surface area contributed by atoms with Crippen molar-refractivity contribution in [2.24, 2.45) is 0 Å². The SMILES string of the molecule is CCc1ncc(S(=O)(=O)c2cc(C(=O)OC(C)(C)C)cc(-c3ccccc3)c2)s1. The highest BCUT2D eigenvalue weighted by Gasteiger charge is 2.25. The summed E-state index contributed by atoms with van der Waals surface area (Å²) in [7, 11) is -3.81. The molecule has 1 heterocycles. The van der Waals surface area contributed by atoms with E-state index in [2.05, 4.69) is 4.98 Å². The molecule has 0 saturated heterocycles. The van der Waals surface area contributed by atoms with Crippen molar-refractivity contribution in [3.05, 3.63) is 65.3 Å². The van der Waals surface area contributed by atoms with Crippen LogP contribution in [0.25, 0.3) is 11.1 Å². The molecule has 2 aromatic carbocycles. The fourth-order valence-electron chi connectivity index (χ4n) is 2.70. The summed E-state index contributed by atoms with van der Waals surface area (Å²) in [5.74, 6) is -0.565. The molecule has 7 heteroatoms. The number of sulfone groups is 1. The minimum Gasteiger partial charge on any atom is -0.456 e. The van der Waals surface area contributed by atoms with E-state index in [4.69, 9.17) is 4.74 Å². The zero-order valence-electron chi connectivity index (χ0n) is 16.8. The molecule has 0 fully saturated rings. The summed E-state index contributed by atoms with van der Waals surface area (Å²) in [5, 5.41) is 0.746. The van der Waals surface area contributed by atoms with Gasteiger partial charge in [0.05, 0.1) is 21.7 Å². The van der Waals surface area contributed by atoms with Crippen LogP contribution >= 0.6 is 11.3 Å². The molecule has 0 radical (unpaired) electrons. The van der Waals surface area contributed by atoms with E-state index in [1.165, 1.54) is 12.3 Å². The normalized spacial score (nSPS) is 12.0. The number of esters is 1. The van der Waals surface area contributed by atoms with Gasteiger partial charge in [-0.1, -0.05) is 37.3 Å². The number of benzene rings is 2. The van der Waals surface area contributed by atoms with E-state index < -0.39 is 21.4 Å². The predicted octanol–water partition coefficient (Wildman–Crippen LogP) is 5.16. The molecule has 0 aliphatic heterocycles. The Morgan fingerprint density at radius 1 is 1.07 bits per heavy atom. The topological polar surface area (TPSA) is 73.3 Å². The van der Waals surface area contributed by atoms with Crippen LogP contribution in [0.5, 0.6) is 0 Å². The summed E-state index contributed by atoms with van der Waals surface area (Å²) in [6.07, 6.45) is 2.04. The number of hydrogen-bond acceptors (Lipinski definition) is 6. The number of carbonyl (C=O) groups excluding carboxylic acids is 1. The van der Waals surface area contributed by atoms with E-state index in [-0.39, 0.29) is 14.7 Å². The van der Waals surface area contributed by atoms with Gasteiger partial charge in [-0.2, -0.15) is 0 Å². The molecule has 0 N–H and O–H groups in total. The van der Waals surface area contributed by atoms with Crippen molar-refractivity contribution in [2.45, 2.75) is 48.8 Å². The number of nitrogens with zero attached hydrogens (tertiary/aromatic N) is 1. The van der Waals surface area contributed by atoms with Gasteiger partial charge in [0.25, 0.3) is 0 Å². The second-order valence-electron chi connectivity index (χ2n) is 7.54. The van der Waals surface area contributed by atoms with E-state index in [1.807, 2.05) is 37.3 Å². The molecule has 3 rings (SSSR count). The van der Waals surface area contributed by atoms with Gasteiger partial charge in [-0.15, -0.1) is 11.3 Å². The highest BCUT2D eigenvalue weighted by atomic mass is 32.2. The first-order valence-corrected chi connectivity index (χ1v) is 11.5. The summed E-state index contributed by atoms with van der Waals surface area (Å²) in [6, 6.07) is 14.0. The van der Waals surface area contributed by atoms with Crippen LogP contribution in [0, 0.1) is 0 Å². The first-order valence-electron chi connectivity index (χ1n) is 9.24. The first kappa shape index (κ1) is 21.2. The second-order valence-corrected chi connectivity index (χ2v) is 10.8. The molecule has 0 amide bonds. The van der Waals surface area contributed by atoms with Crippen LogP contribution in [0.3, 0.4) is 0 Å². The zero-order valence-corrected chi connectivity index (χ0v) is 18.4. The van der Waals surface area contributed by atoms with Crippen LogP contribution < -0.4 is 0 Å². The van der Waals surface area contributed by atoms with Gasteiger partial charge in [0.1, 0.15) is 9.81 Å². The van der Waals surface area contributed by atoms with Crippen LogP contribution in [-0.2, 0) is 21.0 Å². The molecule has 5 nitrogen and oxygen atoms in total. The van der Waals surface area contributed by atoms with Crippen LogP contribution in [0.2, 0.25) is 0 Å². The maximum atomic E-state index is 13.2. The van der Waals surface area contributed by atoms with Crippen LogP contribution in [0.15, 0.2) is 63.8 Å². The van der Waals surface area contributed by atoms with Gasteiger partial charge in [-0.25, -0.2) is 18.2 Å². The van der Waals surface area contributed by atoms with Crippen molar-refractivity contribution in [2.75, 3.05) is 0 Å². The Labute approximate surface area is 175 Å². The second kappa shape index (κ2) is 8.08. The van der Waals surface area contributed by atoms with Crippen molar-refractivity contribution < 1.29 is 17.9 Å². The monoisotopic (exact) mass is 429 g/mol. The molecule has 3 aromatic rings. The average Bonchev–Trinajstić information content (AvgIpc) is 3.17. The third-order valence-corrected chi connectivity index (χ3v) is 7.39. The van der Waals surface area contributed by atoms with Gasteiger partial charge in [0.2, 0.25) is 9.84 Å². The molecule has 29 heavy (non-hydrogen) atoms. The molecule has 0 spiro atoms. The summed E-state index contributed by atoms with van der Waals surface area (Å²) < 4.78 is 32.1. The lowest BCUT2D eigenvalue weighted by Crippen LogP contribution is -2.24. The van der Waals surface area contributed by atoms with E-state index in [0.29, 0.717) is 12.0 Å². The Morgan fingerprint density at radius 2 is 1.76 bits per heavy atom. The molecular formula is C22H23NO4S2. The Morgan fingerprint density at radius 3 is 2.34 bits per heavy atom. The first-order chi connectivity index (χ1) is 13.6. The van der Waals surface area contributed by atoms with Crippen LogP contribution in [-0.4, -0.2) is 25.0 Å². The molecule has 0 aliphatic rings. The fraction of sp³-hybridized carbons (Fsp3) is 0.273. The number of aryl methyl sites for hydroxylation is 1. The largest absolute Gasteiger partial charge is 0.456 e. The minimum atomic E-state index is -3.81. The highest BCUT2D eigenvalue weighted by Crippen LogP contribution is 2.31. The van der Waals surface area contributed by atoms with Gasteiger partial charge >= 0.3 is 5.97 Å². The number of aromatic nitrogens is 1. The van der Waals surface area contributed by atoms with Gasteiger partial charge in [0, 0.05) is 0 Å². The average molecular weight is 430 g/mol. The van der Waals surface area contributed by atoms with Crippen molar-refractivity contribution in [1.29, 1.82) is 0 Å². The lowest BCUT2D eigenvalue weighted by atomic mass is 10.0. The van der Waals surface area contributed by atoms with Gasteiger partial charge in [-0.3, -0.25) is 0 Å². The smallest absolute Gasteiger partial charge is 0.338 e. The lowest BCUT2D eigenvalue weighted by molar-refractivity contribution is 0.00693. The van der Waals surface area contributed by atoms with Gasteiger partial charge < -0.3 is 4.74 Å². The summed E-state index contributed by atoms with van der Waals surface area (Å²) >= 11 is 1.15. The minimum absolute atomic E-state index is 0.0472. The van der Waals surface area contributed by atoms with Crippen molar-refractivity contribution in [3.8, 4) is 11.1 Å². The molecule has 152 valence electrons. The lowest BCUT2D eigenvalue weighted by Gasteiger charge is -2.20. The Bertz CT molecular complexity index is 1130. The zero-order chi connectivity index (χ0) is 21.2. The van der Waals surface area contributed by atoms with E-state index >= 15 is 0 Å². The summed E-state index contributed by atoms with van der Waals surface area (Å²) in [4.78, 5) is 16.9. The molecule has 0 unspecified atom stereocenters. The molecule has 0 aliphatic carbocycles. The fourth-order valence-corrected chi connectivity index (χ4v) is 5.30. The van der Waals surface area contributed by atoms with Crippen molar-refractivity contribution in [3.63, 3.8) is 0 Å². The quantitative estimate of drug-likeness (QED) is 0.524. The highest BCUT2D eigenvalue weighted by molar-refractivity contribution is 7.93. The Kier molecular flexibility index (Phi) is 5.91. The molecular weight excluding hydrogens is 406 g/mol. The Balaban J connectivity index is 2.15. The van der Waals surface area contributed by atoms with Crippen LogP contribution in [0.1, 0.15) is 43.1 Å². The number of rotatable bonds is 5. The Hall–Kier alpha value is -2.51. The number of ether oxygens (including phenoxy) is 1. The van der Waals surface area contributed by atoms with Crippen molar-refractivity contribution in [1.82, 2.24) is 4.98 Å². The molecule has 0 saturated carbocycles. The number of hydrogen-bond donors (Lipinski definition) is 0. The van der Waals surface area contributed by atoms with E-state index in [0.717, 1.165) is 21.9 Å². The van der Waals surface area contributed by atoms with Gasteiger partial charge in [-0.05, 0) is 56.5 Å². The molecule has 1 aromatic heterocycles. The summed E-state index contributed by atoms with van der Waals surface area (Å²) in [6.45, 7) is 7.24.